The van der Waals surface area contributed by atoms with Gasteiger partial charge in [0.1, 0.15) is 18.1 Å². The van der Waals surface area contributed by atoms with Crippen molar-refractivity contribution in [1.29, 1.82) is 0 Å². The van der Waals surface area contributed by atoms with Crippen LogP contribution in [0.1, 0.15) is 39.3 Å². The van der Waals surface area contributed by atoms with Crippen LogP contribution in [0.15, 0.2) is 12.5 Å². The minimum Gasteiger partial charge on any atom is -0.481 e. The Morgan fingerprint density at radius 1 is 1.00 bits per heavy atom. The number of H-pyrrole nitrogens is 1. The molecule has 4 atom stereocenters. The van der Waals surface area contributed by atoms with Crippen molar-refractivity contribution in [3.63, 3.8) is 0 Å². The van der Waals surface area contributed by atoms with E-state index >= 15 is 0 Å². The molecule has 4 unspecified atom stereocenters. The topological polar surface area (TPSA) is 217 Å². The van der Waals surface area contributed by atoms with E-state index in [1.807, 2.05) is 0 Å². The van der Waals surface area contributed by atoms with E-state index < -0.39 is 60.2 Å². The lowest BCUT2D eigenvalue weighted by molar-refractivity contribution is -0.143. The zero-order valence-corrected chi connectivity index (χ0v) is 18.1. The zero-order valence-electron chi connectivity index (χ0n) is 18.1. The van der Waals surface area contributed by atoms with Crippen LogP contribution < -0.4 is 21.7 Å². The predicted octanol–water partition coefficient (Wildman–Crippen LogP) is -1.64. The van der Waals surface area contributed by atoms with Gasteiger partial charge in [0.25, 0.3) is 0 Å². The zero-order chi connectivity index (χ0) is 24.4. The molecule has 32 heavy (non-hydrogen) atoms. The molecule has 1 aromatic heterocycles. The smallest absolute Gasteiger partial charge is 0.325 e. The third-order valence-electron chi connectivity index (χ3n) is 4.41. The van der Waals surface area contributed by atoms with E-state index in [2.05, 4.69) is 25.9 Å². The summed E-state index contributed by atoms with van der Waals surface area (Å²) in [5, 5.41) is 25.1. The van der Waals surface area contributed by atoms with Gasteiger partial charge in [0.05, 0.1) is 18.8 Å². The third-order valence-corrected chi connectivity index (χ3v) is 4.41. The number of nitrogens with two attached hydrogens (primary N) is 1. The number of aliphatic carboxylic acids is 2. The van der Waals surface area contributed by atoms with Crippen molar-refractivity contribution in [2.75, 3.05) is 0 Å². The quantitative estimate of drug-likeness (QED) is 0.181. The van der Waals surface area contributed by atoms with Crippen LogP contribution in [0, 0.1) is 5.92 Å². The number of aromatic nitrogens is 2. The van der Waals surface area contributed by atoms with Gasteiger partial charge in [0, 0.05) is 18.3 Å². The highest BCUT2D eigenvalue weighted by atomic mass is 16.4. The Labute approximate surface area is 184 Å². The molecule has 1 rings (SSSR count). The van der Waals surface area contributed by atoms with Crippen LogP contribution in [0.2, 0.25) is 0 Å². The summed E-state index contributed by atoms with van der Waals surface area (Å²) in [5.74, 6) is -5.06. The van der Waals surface area contributed by atoms with Gasteiger partial charge in [-0.3, -0.25) is 24.0 Å². The second-order valence-corrected chi connectivity index (χ2v) is 7.81. The van der Waals surface area contributed by atoms with Gasteiger partial charge in [0.15, 0.2) is 0 Å². The summed E-state index contributed by atoms with van der Waals surface area (Å²) < 4.78 is 0. The number of hydrogen-bond acceptors (Lipinski definition) is 7. The molecule has 178 valence electrons. The van der Waals surface area contributed by atoms with Gasteiger partial charge < -0.3 is 36.9 Å². The number of rotatable bonds is 13. The van der Waals surface area contributed by atoms with E-state index in [1.54, 1.807) is 13.8 Å². The molecule has 13 heteroatoms. The van der Waals surface area contributed by atoms with Crippen LogP contribution in [0.25, 0.3) is 0 Å². The Balaban J connectivity index is 2.89. The maximum absolute atomic E-state index is 12.7. The van der Waals surface area contributed by atoms with Crippen LogP contribution in [-0.2, 0) is 30.4 Å². The van der Waals surface area contributed by atoms with Crippen LogP contribution in [0.3, 0.4) is 0 Å². The molecule has 0 fully saturated rings. The SMILES string of the molecule is CC(C)CC(NC(=O)C(CC(=O)O)NC(=O)C(N)Cc1cnc[nH]1)C(=O)NC(C)C(=O)O. The number of aromatic amines is 1. The number of carboxylic acid groups (broad SMARTS) is 2. The highest BCUT2D eigenvalue weighted by molar-refractivity contribution is 5.95. The lowest BCUT2D eigenvalue weighted by Crippen LogP contribution is -2.57. The van der Waals surface area contributed by atoms with Gasteiger partial charge in [0.2, 0.25) is 17.7 Å². The lowest BCUT2D eigenvalue weighted by atomic mass is 10.0. The van der Waals surface area contributed by atoms with Gasteiger partial charge in [-0.1, -0.05) is 13.8 Å². The van der Waals surface area contributed by atoms with Gasteiger partial charge in [-0.05, 0) is 19.3 Å². The average molecular weight is 454 g/mol. The summed E-state index contributed by atoms with van der Waals surface area (Å²) in [7, 11) is 0. The van der Waals surface area contributed by atoms with Crippen molar-refractivity contribution in [3.05, 3.63) is 18.2 Å². The Kier molecular flexibility index (Phi) is 10.3. The summed E-state index contributed by atoms with van der Waals surface area (Å²) in [6.45, 7) is 4.85. The monoisotopic (exact) mass is 454 g/mol. The first-order chi connectivity index (χ1) is 14.9. The largest absolute Gasteiger partial charge is 0.481 e. The van der Waals surface area contributed by atoms with Gasteiger partial charge in [-0.15, -0.1) is 0 Å². The molecule has 0 bridgehead atoms. The number of imidazole rings is 1. The van der Waals surface area contributed by atoms with E-state index in [9.17, 15) is 24.0 Å². The first-order valence-corrected chi connectivity index (χ1v) is 9.99. The second-order valence-electron chi connectivity index (χ2n) is 7.81. The van der Waals surface area contributed by atoms with E-state index in [0.29, 0.717) is 5.69 Å². The summed E-state index contributed by atoms with van der Waals surface area (Å²) in [6, 6.07) is -4.89. The lowest BCUT2D eigenvalue weighted by Gasteiger charge is -2.25. The molecule has 8 N–H and O–H groups in total. The van der Waals surface area contributed by atoms with Crippen molar-refractivity contribution in [3.8, 4) is 0 Å². The summed E-state index contributed by atoms with van der Waals surface area (Å²) in [5.41, 5.74) is 6.40. The van der Waals surface area contributed by atoms with Crippen molar-refractivity contribution in [2.45, 2.75) is 64.2 Å². The molecule has 0 radical (unpaired) electrons. The molecule has 0 aromatic carbocycles. The standard InChI is InChI=1S/C19H30N6O7/c1-9(2)4-13(17(29)23-10(3)19(31)32)25-18(30)14(6-15(26)27)24-16(28)12(20)5-11-7-21-8-22-11/h7-10,12-14H,4-6,20H2,1-3H3,(H,21,22)(H,23,29)(H,24,28)(H,25,30)(H,26,27)(H,31,32). The van der Waals surface area contributed by atoms with Crippen molar-refractivity contribution >= 4 is 29.7 Å². The molecule has 1 heterocycles. The Hall–Kier alpha value is -3.48. The number of nitrogens with zero attached hydrogens (tertiary/aromatic N) is 1. The third kappa shape index (κ3) is 9.12. The second kappa shape index (κ2) is 12.4. The number of amides is 3. The maximum atomic E-state index is 12.7. The normalized spacial score (nSPS) is 14.7. The van der Waals surface area contributed by atoms with Crippen LogP contribution >= 0.6 is 0 Å². The molecule has 13 nitrogen and oxygen atoms in total. The summed E-state index contributed by atoms with van der Waals surface area (Å²) >= 11 is 0. The van der Waals surface area contributed by atoms with Gasteiger partial charge in [-0.2, -0.15) is 0 Å². The molecule has 3 amide bonds. The fourth-order valence-electron chi connectivity index (χ4n) is 2.74. The molecule has 0 aliphatic heterocycles. The van der Waals surface area contributed by atoms with Crippen LogP contribution in [-0.4, -0.2) is 74.0 Å². The molecule has 0 spiro atoms. The molecule has 0 aliphatic carbocycles. The average Bonchev–Trinajstić information content (AvgIpc) is 3.18. The minimum atomic E-state index is -1.49. The molecule has 0 aliphatic rings. The number of carbonyl (C=O) groups excluding carboxylic acids is 3. The molecule has 0 saturated carbocycles. The Morgan fingerprint density at radius 3 is 2.09 bits per heavy atom. The van der Waals surface area contributed by atoms with E-state index in [0.717, 1.165) is 0 Å². The van der Waals surface area contributed by atoms with E-state index in [1.165, 1.54) is 19.4 Å². The highest BCUT2D eigenvalue weighted by Gasteiger charge is 2.31. The van der Waals surface area contributed by atoms with Crippen LogP contribution in [0.4, 0.5) is 0 Å². The van der Waals surface area contributed by atoms with Gasteiger partial charge >= 0.3 is 11.9 Å². The van der Waals surface area contributed by atoms with E-state index in [-0.39, 0.29) is 18.8 Å². The minimum absolute atomic E-state index is 0.0541. The first kappa shape index (κ1) is 26.6. The maximum Gasteiger partial charge on any atom is 0.325 e. The molecular weight excluding hydrogens is 424 g/mol. The van der Waals surface area contributed by atoms with Crippen molar-refractivity contribution < 1.29 is 34.2 Å². The highest BCUT2D eigenvalue weighted by Crippen LogP contribution is 2.07. The molecule has 1 aromatic rings. The number of nitrogens with one attached hydrogen (secondary N) is 4. The number of hydrogen-bond donors (Lipinski definition) is 7. The fraction of sp³-hybridized carbons (Fsp3) is 0.579. The number of carboxylic acids is 2. The Morgan fingerprint density at radius 2 is 1.59 bits per heavy atom. The van der Waals surface area contributed by atoms with E-state index in [4.69, 9.17) is 15.9 Å². The van der Waals surface area contributed by atoms with Gasteiger partial charge in [-0.25, -0.2) is 4.98 Å². The summed E-state index contributed by atoms with van der Waals surface area (Å²) in [4.78, 5) is 66.4. The Bertz CT molecular complexity index is 811. The predicted molar refractivity (Wildman–Crippen MR) is 111 cm³/mol. The number of carbonyl (C=O) groups is 5. The van der Waals surface area contributed by atoms with Crippen molar-refractivity contribution in [2.24, 2.45) is 11.7 Å². The molecule has 0 saturated heterocycles. The van der Waals surface area contributed by atoms with Crippen LogP contribution in [0.5, 0.6) is 0 Å². The molecular formula is C19H30N6O7. The van der Waals surface area contributed by atoms with Crippen molar-refractivity contribution in [1.82, 2.24) is 25.9 Å². The summed E-state index contributed by atoms with van der Waals surface area (Å²) in [6.07, 6.45) is 2.39. The fourth-order valence-corrected chi connectivity index (χ4v) is 2.74. The first-order valence-electron chi connectivity index (χ1n) is 9.99.